The van der Waals surface area contributed by atoms with Gasteiger partial charge in [0.25, 0.3) is 0 Å². The number of carbonyl (C=O) groups is 4. The monoisotopic (exact) mass is 509 g/mol. The molecule has 1 aromatic carbocycles. The number of alkyl carbamates (subject to hydrolysis) is 1. The number of amides is 3. The number of carbonyl (C=O) groups excluding carboxylic acids is 4. The number of nitrogens with zero attached hydrogens (tertiary/aromatic N) is 1. The van der Waals surface area contributed by atoms with E-state index >= 15 is 0 Å². The van der Waals surface area contributed by atoms with Gasteiger partial charge in [0.2, 0.25) is 11.8 Å². The van der Waals surface area contributed by atoms with Crippen molar-refractivity contribution in [2.45, 2.75) is 78.6 Å². The summed E-state index contributed by atoms with van der Waals surface area (Å²) in [6.45, 7) is 12.4. The van der Waals surface area contributed by atoms with Crippen molar-refractivity contribution in [3.05, 3.63) is 34.9 Å². The second-order valence-corrected chi connectivity index (χ2v) is 9.79. The molecule has 0 saturated carbocycles. The summed E-state index contributed by atoms with van der Waals surface area (Å²) in [5.41, 5.74) is 1.81. The van der Waals surface area contributed by atoms with Gasteiger partial charge in [-0.15, -0.1) is 0 Å². The van der Waals surface area contributed by atoms with Gasteiger partial charge < -0.3 is 25.0 Å². The second kappa shape index (κ2) is 13.4. The van der Waals surface area contributed by atoms with E-state index in [4.69, 9.17) is 4.74 Å². The molecule has 0 aromatic heterocycles. The summed E-state index contributed by atoms with van der Waals surface area (Å²) < 4.78 is 9.93. The number of aryl methyl sites for hydroxylation is 2. The smallest absolute Gasteiger partial charge is 0.408 e. The lowest BCUT2D eigenvalue weighted by molar-refractivity contribution is -0.146. The SMILES string of the molecule is CCC(C)N(C(=O)C(CS)NC(=O)OC(C)(C)C)C(C(=O)NCC(=O)OC)c1ccc(C)c(C)c1. The summed E-state index contributed by atoms with van der Waals surface area (Å²) in [4.78, 5) is 52.7. The van der Waals surface area contributed by atoms with E-state index in [1.165, 1.54) is 12.0 Å². The third-order valence-corrected chi connectivity index (χ3v) is 5.86. The van der Waals surface area contributed by atoms with E-state index in [9.17, 15) is 19.2 Å². The first-order valence-corrected chi connectivity index (χ1v) is 12.2. The Morgan fingerprint density at radius 3 is 2.23 bits per heavy atom. The van der Waals surface area contributed by atoms with E-state index in [-0.39, 0.29) is 18.3 Å². The molecule has 0 heterocycles. The molecule has 0 aliphatic rings. The van der Waals surface area contributed by atoms with Crippen LogP contribution in [0.1, 0.15) is 63.8 Å². The van der Waals surface area contributed by atoms with E-state index in [1.807, 2.05) is 39.8 Å². The maximum Gasteiger partial charge on any atom is 0.408 e. The fraction of sp³-hybridized carbons (Fsp3) is 0.600. The largest absolute Gasteiger partial charge is 0.468 e. The Labute approximate surface area is 213 Å². The van der Waals surface area contributed by atoms with E-state index in [0.29, 0.717) is 12.0 Å². The zero-order chi connectivity index (χ0) is 26.9. The lowest BCUT2D eigenvalue weighted by atomic mass is 9.97. The highest BCUT2D eigenvalue weighted by Gasteiger charge is 2.38. The fourth-order valence-electron chi connectivity index (χ4n) is 3.31. The number of esters is 1. The summed E-state index contributed by atoms with van der Waals surface area (Å²) in [5, 5.41) is 5.14. The highest BCUT2D eigenvalue weighted by molar-refractivity contribution is 7.80. The molecule has 9 nitrogen and oxygen atoms in total. The van der Waals surface area contributed by atoms with Crippen molar-refractivity contribution in [1.82, 2.24) is 15.5 Å². The van der Waals surface area contributed by atoms with Crippen molar-refractivity contribution in [3.8, 4) is 0 Å². The zero-order valence-corrected chi connectivity index (χ0v) is 22.8. The van der Waals surface area contributed by atoms with Gasteiger partial charge in [-0.25, -0.2) is 4.79 Å². The van der Waals surface area contributed by atoms with Gasteiger partial charge in [0.1, 0.15) is 24.2 Å². The fourth-order valence-corrected chi connectivity index (χ4v) is 3.56. The number of thiol groups is 1. The minimum absolute atomic E-state index is 0.00552. The minimum atomic E-state index is -1.05. The highest BCUT2D eigenvalue weighted by Crippen LogP contribution is 2.28. The molecule has 10 heteroatoms. The molecule has 1 aromatic rings. The Morgan fingerprint density at radius 1 is 1.11 bits per heavy atom. The molecule has 0 saturated heterocycles. The maximum atomic E-state index is 13.8. The van der Waals surface area contributed by atoms with Gasteiger partial charge in [0.15, 0.2) is 0 Å². The van der Waals surface area contributed by atoms with Crippen LogP contribution in [-0.4, -0.2) is 65.9 Å². The number of benzene rings is 1. The average Bonchev–Trinajstić information content (AvgIpc) is 2.78. The van der Waals surface area contributed by atoms with E-state index in [1.54, 1.807) is 26.8 Å². The molecule has 0 aliphatic heterocycles. The summed E-state index contributed by atoms with van der Waals surface area (Å²) >= 11 is 4.27. The van der Waals surface area contributed by atoms with E-state index in [0.717, 1.165) is 11.1 Å². The lowest BCUT2D eigenvalue weighted by Crippen LogP contribution is -2.56. The standard InChI is InChI=1S/C25H39N3O6S/c1-9-17(4)28(23(31)19(14-35)27-24(32)34-25(5,6)7)21(22(30)26-13-20(29)33-8)18-11-10-15(2)16(3)12-18/h10-12,17,19,21,35H,9,13-14H2,1-8H3,(H,26,30)(H,27,32). The van der Waals surface area contributed by atoms with Crippen LogP contribution in [0.3, 0.4) is 0 Å². The van der Waals surface area contributed by atoms with Gasteiger partial charge in [-0.05, 0) is 64.7 Å². The number of methoxy groups -OCH3 is 1. The molecule has 3 unspecified atom stereocenters. The third-order valence-electron chi connectivity index (χ3n) is 5.50. The Kier molecular flexibility index (Phi) is 11.6. The number of hydrogen-bond acceptors (Lipinski definition) is 7. The number of ether oxygens (including phenoxy) is 2. The maximum absolute atomic E-state index is 13.8. The highest BCUT2D eigenvalue weighted by atomic mass is 32.1. The molecule has 1 rings (SSSR count). The Hall–Kier alpha value is -2.75. The van der Waals surface area contributed by atoms with Crippen LogP contribution in [-0.2, 0) is 23.9 Å². The molecule has 2 N–H and O–H groups in total. The van der Waals surface area contributed by atoms with Crippen molar-refractivity contribution < 1.29 is 28.7 Å². The van der Waals surface area contributed by atoms with Crippen molar-refractivity contribution in [1.29, 1.82) is 0 Å². The summed E-state index contributed by atoms with van der Waals surface area (Å²) in [6, 6.07) is 3.04. The van der Waals surface area contributed by atoms with Gasteiger partial charge in [-0.3, -0.25) is 14.4 Å². The second-order valence-electron chi connectivity index (χ2n) is 9.42. The molecular formula is C25H39N3O6S. The molecule has 3 atom stereocenters. The quantitative estimate of drug-likeness (QED) is 0.330. The predicted molar refractivity (Wildman–Crippen MR) is 137 cm³/mol. The summed E-state index contributed by atoms with van der Waals surface area (Å²) in [6.07, 6.45) is -0.213. The molecule has 0 aliphatic carbocycles. The zero-order valence-electron chi connectivity index (χ0n) is 21.9. The molecular weight excluding hydrogens is 470 g/mol. The molecule has 0 radical (unpaired) electrons. The van der Waals surface area contributed by atoms with Gasteiger partial charge in [0, 0.05) is 11.8 Å². The van der Waals surface area contributed by atoms with Gasteiger partial charge in [-0.1, -0.05) is 25.1 Å². The molecule has 0 fully saturated rings. The van der Waals surface area contributed by atoms with Crippen LogP contribution >= 0.6 is 12.6 Å². The first-order valence-electron chi connectivity index (χ1n) is 11.6. The van der Waals surface area contributed by atoms with Crippen molar-refractivity contribution in [2.24, 2.45) is 0 Å². The van der Waals surface area contributed by atoms with Gasteiger partial charge >= 0.3 is 12.1 Å². The van der Waals surface area contributed by atoms with Crippen LogP contribution in [0.4, 0.5) is 4.79 Å². The first kappa shape index (κ1) is 30.3. The predicted octanol–water partition coefficient (Wildman–Crippen LogP) is 3.08. The molecule has 0 bridgehead atoms. The van der Waals surface area contributed by atoms with E-state index in [2.05, 4.69) is 28.0 Å². The van der Waals surface area contributed by atoms with Crippen LogP contribution in [0.5, 0.6) is 0 Å². The average molecular weight is 510 g/mol. The third kappa shape index (κ3) is 9.08. The van der Waals surface area contributed by atoms with Crippen LogP contribution in [0.25, 0.3) is 0 Å². The minimum Gasteiger partial charge on any atom is -0.468 e. The van der Waals surface area contributed by atoms with Crippen LogP contribution in [0.2, 0.25) is 0 Å². The van der Waals surface area contributed by atoms with Crippen LogP contribution < -0.4 is 10.6 Å². The van der Waals surface area contributed by atoms with Crippen LogP contribution in [0.15, 0.2) is 18.2 Å². The Morgan fingerprint density at radius 2 is 1.74 bits per heavy atom. The first-order chi connectivity index (χ1) is 16.2. The normalized spacial score (nSPS) is 13.7. The Bertz CT molecular complexity index is 915. The number of rotatable bonds is 10. The molecule has 0 spiro atoms. The number of hydrogen-bond donors (Lipinski definition) is 3. The van der Waals surface area contributed by atoms with Gasteiger partial charge in [0.05, 0.1) is 7.11 Å². The molecule has 35 heavy (non-hydrogen) atoms. The van der Waals surface area contributed by atoms with Crippen molar-refractivity contribution >= 4 is 36.5 Å². The van der Waals surface area contributed by atoms with Crippen LogP contribution in [0, 0.1) is 13.8 Å². The van der Waals surface area contributed by atoms with Crippen molar-refractivity contribution in [2.75, 3.05) is 19.4 Å². The summed E-state index contributed by atoms with van der Waals surface area (Å²) in [7, 11) is 1.23. The molecule has 196 valence electrons. The summed E-state index contributed by atoms with van der Waals surface area (Å²) in [5.74, 6) is -1.65. The molecule has 3 amide bonds. The van der Waals surface area contributed by atoms with Gasteiger partial charge in [-0.2, -0.15) is 12.6 Å². The topological polar surface area (TPSA) is 114 Å². The van der Waals surface area contributed by atoms with E-state index < -0.39 is 41.6 Å². The van der Waals surface area contributed by atoms with Crippen molar-refractivity contribution in [3.63, 3.8) is 0 Å². The number of nitrogens with one attached hydrogen (secondary N) is 2. The Balaban J connectivity index is 3.47. The lowest BCUT2D eigenvalue weighted by Gasteiger charge is -2.38.